The highest BCUT2D eigenvalue weighted by Gasteiger charge is 2.22. The van der Waals surface area contributed by atoms with Crippen LogP contribution in [-0.4, -0.2) is 27.0 Å². The van der Waals surface area contributed by atoms with Crippen molar-refractivity contribution in [3.63, 3.8) is 0 Å². The summed E-state index contributed by atoms with van der Waals surface area (Å²) in [7, 11) is 0. The Morgan fingerprint density at radius 2 is 2.47 bits per heavy atom. The Bertz CT molecular complexity index is 501. The Kier molecular flexibility index (Phi) is 2.38. The highest BCUT2D eigenvalue weighted by atomic mass is 16.7. The van der Waals surface area contributed by atoms with Crippen molar-refractivity contribution in [3.8, 4) is 0 Å². The lowest BCUT2D eigenvalue weighted by atomic mass is 10.2. The first-order valence-corrected chi connectivity index (χ1v) is 4.34. The van der Waals surface area contributed by atoms with E-state index < -0.39 is 17.5 Å². The van der Waals surface area contributed by atoms with Gasteiger partial charge in [-0.25, -0.2) is 4.79 Å². The summed E-state index contributed by atoms with van der Waals surface area (Å²) >= 11 is 0. The Morgan fingerprint density at radius 1 is 1.67 bits per heavy atom. The number of nitrogens with zero attached hydrogens (tertiary/aromatic N) is 2. The van der Waals surface area contributed by atoms with Crippen molar-refractivity contribution in [1.29, 1.82) is 0 Å². The van der Waals surface area contributed by atoms with E-state index >= 15 is 0 Å². The molecule has 1 aromatic heterocycles. The monoisotopic (exact) mass is 211 g/mol. The van der Waals surface area contributed by atoms with E-state index in [-0.39, 0.29) is 6.61 Å². The molecule has 80 valence electrons. The van der Waals surface area contributed by atoms with Gasteiger partial charge in [0.1, 0.15) is 0 Å². The molecule has 0 aliphatic carbocycles. The SMILES string of the molecule is O=c1ccn([C@@H]2CC(CO)=NO2)c(=O)[nH]1. The molecule has 7 nitrogen and oxygen atoms in total. The van der Waals surface area contributed by atoms with Crippen LogP contribution in [0.15, 0.2) is 27.0 Å². The van der Waals surface area contributed by atoms with Crippen LogP contribution in [-0.2, 0) is 4.84 Å². The van der Waals surface area contributed by atoms with E-state index in [0.717, 1.165) is 0 Å². The molecule has 0 spiro atoms. The summed E-state index contributed by atoms with van der Waals surface area (Å²) in [4.78, 5) is 29.2. The first-order valence-electron chi connectivity index (χ1n) is 4.34. The maximum Gasteiger partial charge on any atom is 0.331 e. The molecule has 1 aliphatic rings. The second-order valence-electron chi connectivity index (χ2n) is 3.10. The summed E-state index contributed by atoms with van der Waals surface area (Å²) in [6.45, 7) is -0.200. The summed E-state index contributed by atoms with van der Waals surface area (Å²) in [5.74, 6) is 0. The predicted octanol–water partition coefficient (Wildman–Crippen LogP) is -1.20. The second-order valence-corrected chi connectivity index (χ2v) is 3.10. The zero-order valence-electron chi connectivity index (χ0n) is 7.71. The molecular weight excluding hydrogens is 202 g/mol. The largest absolute Gasteiger partial charge is 0.390 e. The minimum absolute atomic E-state index is 0.200. The maximum atomic E-state index is 11.3. The average molecular weight is 211 g/mol. The second kappa shape index (κ2) is 3.70. The molecule has 2 heterocycles. The number of hydrogen-bond acceptors (Lipinski definition) is 5. The average Bonchev–Trinajstić information content (AvgIpc) is 2.66. The Morgan fingerprint density at radius 3 is 3.07 bits per heavy atom. The molecule has 0 fully saturated rings. The fourth-order valence-corrected chi connectivity index (χ4v) is 1.31. The van der Waals surface area contributed by atoms with Crippen molar-refractivity contribution in [2.75, 3.05) is 6.61 Å². The van der Waals surface area contributed by atoms with Gasteiger partial charge in [0.25, 0.3) is 5.56 Å². The van der Waals surface area contributed by atoms with Crippen molar-refractivity contribution in [3.05, 3.63) is 33.1 Å². The van der Waals surface area contributed by atoms with Crippen LogP contribution in [0, 0.1) is 0 Å². The fourth-order valence-electron chi connectivity index (χ4n) is 1.31. The molecule has 0 amide bonds. The molecule has 1 atom stereocenters. The normalized spacial score (nSPS) is 19.8. The molecule has 1 aliphatic heterocycles. The number of hydrogen-bond donors (Lipinski definition) is 2. The highest BCUT2D eigenvalue weighted by molar-refractivity contribution is 5.86. The first kappa shape index (κ1) is 9.66. The van der Waals surface area contributed by atoms with Gasteiger partial charge in [0.05, 0.1) is 18.7 Å². The van der Waals surface area contributed by atoms with Crippen LogP contribution < -0.4 is 11.2 Å². The third-order valence-corrected chi connectivity index (χ3v) is 2.06. The van der Waals surface area contributed by atoms with Crippen LogP contribution in [0.5, 0.6) is 0 Å². The summed E-state index contributed by atoms with van der Waals surface area (Å²) in [6.07, 6.45) is 1.08. The minimum atomic E-state index is -0.587. The van der Waals surface area contributed by atoms with Crippen molar-refractivity contribution in [2.24, 2.45) is 5.16 Å². The number of nitrogens with one attached hydrogen (secondary N) is 1. The Hall–Kier alpha value is -1.89. The Labute approximate surface area is 83.6 Å². The number of H-pyrrole nitrogens is 1. The molecule has 0 radical (unpaired) electrons. The van der Waals surface area contributed by atoms with Crippen LogP contribution in [0.1, 0.15) is 12.6 Å². The van der Waals surface area contributed by atoms with Crippen LogP contribution in [0.4, 0.5) is 0 Å². The lowest BCUT2D eigenvalue weighted by Gasteiger charge is -2.09. The summed E-state index contributed by atoms with van der Waals surface area (Å²) < 4.78 is 1.22. The molecule has 2 rings (SSSR count). The lowest BCUT2D eigenvalue weighted by Crippen LogP contribution is -2.31. The van der Waals surface area contributed by atoms with E-state index in [1.807, 2.05) is 0 Å². The van der Waals surface area contributed by atoms with E-state index in [9.17, 15) is 9.59 Å². The molecule has 0 bridgehead atoms. The van der Waals surface area contributed by atoms with Gasteiger partial charge in [0.15, 0.2) is 0 Å². The molecule has 15 heavy (non-hydrogen) atoms. The lowest BCUT2D eigenvalue weighted by molar-refractivity contribution is 0.0285. The van der Waals surface area contributed by atoms with Crippen molar-refractivity contribution in [2.45, 2.75) is 12.6 Å². The number of aliphatic hydroxyl groups excluding tert-OH is 1. The summed E-state index contributed by atoms with van der Waals surface area (Å²) in [6, 6.07) is 1.22. The van der Waals surface area contributed by atoms with Crippen LogP contribution in [0.2, 0.25) is 0 Å². The molecule has 0 saturated heterocycles. The highest BCUT2D eigenvalue weighted by Crippen LogP contribution is 2.18. The van der Waals surface area contributed by atoms with E-state index in [0.29, 0.717) is 12.1 Å². The topological polar surface area (TPSA) is 96.7 Å². The van der Waals surface area contributed by atoms with Gasteiger partial charge in [-0.15, -0.1) is 0 Å². The zero-order chi connectivity index (χ0) is 10.8. The maximum absolute atomic E-state index is 11.3. The van der Waals surface area contributed by atoms with Gasteiger partial charge < -0.3 is 9.94 Å². The Balaban J connectivity index is 2.26. The third-order valence-electron chi connectivity index (χ3n) is 2.06. The van der Waals surface area contributed by atoms with E-state index in [1.54, 1.807) is 0 Å². The third kappa shape index (κ3) is 1.82. The van der Waals surface area contributed by atoms with Gasteiger partial charge in [-0.1, -0.05) is 5.16 Å². The molecule has 0 aromatic carbocycles. The van der Waals surface area contributed by atoms with Gasteiger partial charge in [-0.2, -0.15) is 0 Å². The molecule has 0 unspecified atom stereocenters. The zero-order valence-corrected chi connectivity index (χ0v) is 7.71. The molecule has 1 aromatic rings. The van der Waals surface area contributed by atoms with Crippen LogP contribution in [0.25, 0.3) is 0 Å². The number of aliphatic hydroxyl groups is 1. The number of oxime groups is 1. The van der Waals surface area contributed by atoms with Crippen molar-refractivity contribution >= 4 is 5.71 Å². The minimum Gasteiger partial charge on any atom is -0.390 e. The number of rotatable bonds is 2. The van der Waals surface area contributed by atoms with Gasteiger partial charge >= 0.3 is 5.69 Å². The number of aromatic amines is 1. The molecule has 0 saturated carbocycles. The van der Waals surface area contributed by atoms with Crippen molar-refractivity contribution < 1.29 is 9.94 Å². The summed E-state index contributed by atoms with van der Waals surface area (Å²) in [5.41, 5.74) is -0.544. The molecule has 7 heteroatoms. The van der Waals surface area contributed by atoms with Crippen LogP contribution in [0.3, 0.4) is 0 Å². The van der Waals surface area contributed by atoms with Crippen LogP contribution >= 0.6 is 0 Å². The van der Waals surface area contributed by atoms with E-state index in [1.165, 1.54) is 16.8 Å². The first-order chi connectivity index (χ1) is 7.20. The van der Waals surface area contributed by atoms with Gasteiger partial charge in [-0.05, 0) is 0 Å². The van der Waals surface area contributed by atoms with Crippen molar-refractivity contribution in [1.82, 2.24) is 9.55 Å². The van der Waals surface area contributed by atoms with E-state index in [4.69, 9.17) is 9.94 Å². The summed E-state index contributed by atoms with van der Waals surface area (Å²) in [5, 5.41) is 12.4. The predicted molar refractivity (Wildman–Crippen MR) is 50.6 cm³/mol. The quantitative estimate of drug-likeness (QED) is 0.642. The fraction of sp³-hybridized carbons (Fsp3) is 0.375. The molecular formula is C8H9N3O4. The van der Waals surface area contributed by atoms with Gasteiger partial charge in [0.2, 0.25) is 6.23 Å². The molecule has 2 N–H and O–H groups in total. The van der Waals surface area contributed by atoms with E-state index in [2.05, 4.69) is 10.1 Å². The number of aromatic nitrogens is 2. The smallest absolute Gasteiger partial charge is 0.331 e. The van der Waals surface area contributed by atoms with Gasteiger partial charge in [0, 0.05) is 12.3 Å². The van der Waals surface area contributed by atoms with Gasteiger partial charge in [-0.3, -0.25) is 14.3 Å². The standard InChI is InChI=1S/C8H9N3O4/c12-4-5-3-7(15-10-5)11-2-1-6(13)9-8(11)14/h1-2,7,12H,3-4H2,(H,9,13,14)/t7-/m0/s1.